The number of nitrogens with zero attached hydrogens (tertiary/aromatic N) is 3. The van der Waals surface area contributed by atoms with Gasteiger partial charge in [0, 0.05) is 25.7 Å². The molecule has 0 aliphatic carbocycles. The zero-order chi connectivity index (χ0) is 23.5. The van der Waals surface area contributed by atoms with Gasteiger partial charge >= 0.3 is 6.18 Å². The van der Waals surface area contributed by atoms with Crippen LogP contribution in [0.1, 0.15) is 36.9 Å². The Morgan fingerprint density at radius 2 is 1.88 bits per heavy atom. The van der Waals surface area contributed by atoms with E-state index in [1.54, 1.807) is 12.1 Å². The van der Waals surface area contributed by atoms with Crippen LogP contribution in [0.5, 0.6) is 0 Å². The van der Waals surface area contributed by atoms with Crippen molar-refractivity contribution in [2.75, 3.05) is 31.1 Å². The number of ether oxygens (including phenoxy) is 1. The molecule has 3 heterocycles. The molecule has 0 saturated carbocycles. The standard InChI is InChI=1S/C23H26F4N4O2/c24-17-3-1-16(2-4-17)11-21(32)28-13-18-5-6-22(14-33-18)7-9-31(10-8-22)20-12-19(23(25,26)27)29-15-30-20/h1-4,12,15,18H,5-11,13-14H2,(H,28,32). The van der Waals surface area contributed by atoms with Crippen LogP contribution in [-0.4, -0.2) is 48.2 Å². The first-order valence-electron chi connectivity index (χ1n) is 11.0. The molecule has 1 atom stereocenters. The minimum atomic E-state index is -4.49. The number of amides is 1. The van der Waals surface area contributed by atoms with E-state index < -0.39 is 11.9 Å². The summed E-state index contributed by atoms with van der Waals surface area (Å²) in [5, 5.41) is 2.88. The van der Waals surface area contributed by atoms with E-state index in [4.69, 9.17) is 4.74 Å². The molecule has 0 radical (unpaired) electrons. The van der Waals surface area contributed by atoms with Gasteiger partial charge in [-0.05, 0) is 48.8 Å². The largest absolute Gasteiger partial charge is 0.433 e. The Labute approximate surface area is 189 Å². The number of benzene rings is 1. The van der Waals surface area contributed by atoms with Gasteiger partial charge in [0.15, 0.2) is 0 Å². The molecular formula is C23H26F4N4O2. The summed E-state index contributed by atoms with van der Waals surface area (Å²) in [6, 6.07) is 6.84. The monoisotopic (exact) mass is 466 g/mol. The molecule has 2 fully saturated rings. The topological polar surface area (TPSA) is 67.4 Å². The van der Waals surface area contributed by atoms with Crippen LogP contribution < -0.4 is 10.2 Å². The van der Waals surface area contributed by atoms with Crippen LogP contribution >= 0.6 is 0 Å². The maximum absolute atomic E-state index is 13.0. The molecular weight excluding hydrogens is 440 g/mol. The lowest BCUT2D eigenvalue weighted by atomic mass is 9.73. The summed E-state index contributed by atoms with van der Waals surface area (Å²) in [7, 11) is 0. The van der Waals surface area contributed by atoms with E-state index in [0.717, 1.165) is 43.6 Å². The smallest absolute Gasteiger partial charge is 0.376 e. The summed E-state index contributed by atoms with van der Waals surface area (Å²) in [6.07, 6.45) is -0.0478. The molecule has 2 aliphatic heterocycles. The second-order valence-electron chi connectivity index (χ2n) is 8.83. The first-order valence-corrected chi connectivity index (χ1v) is 11.0. The van der Waals surface area contributed by atoms with Gasteiger partial charge in [-0.2, -0.15) is 13.2 Å². The molecule has 1 aromatic heterocycles. The summed E-state index contributed by atoms with van der Waals surface area (Å²) >= 11 is 0. The number of piperidine rings is 1. The van der Waals surface area contributed by atoms with Crippen molar-refractivity contribution in [3.05, 3.63) is 53.7 Å². The van der Waals surface area contributed by atoms with Gasteiger partial charge in [0.25, 0.3) is 0 Å². The fraction of sp³-hybridized carbons (Fsp3) is 0.522. The van der Waals surface area contributed by atoms with Crippen molar-refractivity contribution in [3.8, 4) is 0 Å². The molecule has 1 spiro atoms. The Kier molecular flexibility index (Phi) is 6.83. The molecule has 2 aliphatic rings. The van der Waals surface area contributed by atoms with Gasteiger partial charge in [0.2, 0.25) is 5.91 Å². The third-order valence-corrected chi connectivity index (χ3v) is 6.52. The normalized spacial score (nSPS) is 20.6. The highest BCUT2D eigenvalue weighted by molar-refractivity contribution is 5.78. The Hall–Kier alpha value is -2.75. The van der Waals surface area contributed by atoms with Crippen molar-refractivity contribution in [3.63, 3.8) is 0 Å². The first kappa shape index (κ1) is 23.4. The number of aromatic nitrogens is 2. The zero-order valence-electron chi connectivity index (χ0n) is 18.1. The number of alkyl halides is 3. The highest BCUT2D eigenvalue weighted by Gasteiger charge is 2.40. The number of nitrogens with one attached hydrogen (secondary N) is 1. The van der Waals surface area contributed by atoms with Gasteiger partial charge in [-0.25, -0.2) is 14.4 Å². The highest BCUT2D eigenvalue weighted by Crippen LogP contribution is 2.41. The van der Waals surface area contributed by atoms with Crippen LogP contribution in [-0.2, 0) is 22.1 Å². The molecule has 2 saturated heterocycles. The zero-order valence-corrected chi connectivity index (χ0v) is 18.1. The Balaban J connectivity index is 1.22. The van der Waals surface area contributed by atoms with Gasteiger partial charge in [-0.1, -0.05) is 12.1 Å². The number of carbonyl (C=O) groups excluding carboxylic acids is 1. The fourth-order valence-corrected chi connectivity index (χ4v) is 4.44. The van der Waals surface area contributed by atoms with Crippen LogP contribution in [0, 0.1) is 11.2 Å². The number of carbonyl (C=O) groups is 1. The molecule has 6 nitrogen and oxygen atoms in total. The van der Waals surface area contributed by atoms with Gasteiger partial charge in [0.05, 0.1) is 19.1 Å². The minimum Gasteiger partial charge on any atom is -0.376 e. The van der Waals surface area contributed by atoms with Gasteiger partial charge < -0.3 is 15.0 Å². The number of anilines is 1. The van der Waals surface area contributed by atoms with Crippen LogP contribution in [0.2, 0.25) is 0 Å². The van der Waals surface area contributed by atoms with E-state index in [2.05, 4.69) is 15.3 Å². The van der Waals surface area contributed by atoms with Crippen LogP contribution in [0.3, 0.4) is 0 Å². The lowest BCUT2D eigenvalue weighted by Gasteiger charge is -2.46. The molecule has 2 aromatic rings. The van der Waals surface area contributed by atoms with Crippen molar-refractivity contribution in [2.45, 2.75) is 44.4 Å². The third-order valence-electron chi connectivity index (χ3n) is 6.52. The molecule has 1 amide bonds. The van der Waals surface area contributed by atoms with Gasteiger partial charge in [0.1, 0.15) is 23.7 Å². The maximum Gasteiger partial charge on any atom is 0.433 e. The van der Waals surface area contributed by atoms with Crippen LogP contribution in [0.25, 0.3) is 0 Å². The summed E-state index contributed by atoms with van der Waals surface area (Å²) < 4.78 is 57.8. The van der Waals surface area contributed by atoms with Crippen molar-refractivity contribution >= 4 is 11.7 Å². The van der Waals surface area contributed by atoms with Crippen molar-refractivity contribution in [1.82, 2.24) is 15.3 Å². The van der Waals surface area contributed by atoms with Crippen molar-refractivity contribution in [2.24, 2.45) is 5.41 Å². The average molecular weight is 466 g/mol. The first-order chi connectivity index (χ1) is 15.7. The Morgan fingerprint density at radius 1 is 1.15 bits per heavy atom. The van der Waals surface area contributed by atoms with Crippen LogP contribution in [0.4, 0.5) is 23.4 Å². The summed E-state index contributed by atoms with van der Waals surface area (Å²) in [4.78, 5) is 21.4. The average Bonchev–Trinajstić information content (AvgIpc) is 2.80. The second kappa shape index (κ2) is 9.62. The van der Waals surface area contributed by atoms with E-state index in [1.807, 2.05) is 4.90 Å². The number of rotatable bonds is 5. The summed E-state index contributed by atoms with van der Waals surface area (Å²) in [6.45, 7) is 2.20. The highest BCUT2D eigenvalue weighted by atomic mass is 19.4. The molecule has 1 unspecified atom stereocenters. The molecule has 10 heteroatoms. The predicted octanol–water partition coefficient (Wildman–Crippen LogP) is 3.76. The predicted molar refractivity (Wildman–Crippen MR) is 113 cm³/mol. The number of hydrogen-bond acceptors (Lipinski definition) is 5. The third kappa shape index (κ3) is 5.98. The van der Waals surface area contributed by atoms with E-state index in [0.29, 0.717) is 32.1 Å². The van der Waals surface area contributed by atoms with Gasteiger partial charge in [-0.3, -0.25) is 4.79 Å². The minimum absolute atomic E-state index is 0.00497. The van der Waals surface area contributed by atoms with E-state index in [-0.39, 0.29) is 29.7 Å². The SMILES string of the molecule is O=C(Cc1ccc(F)cc1)NCC1CCC2(CCN(c3cc(C(F)(F)F)ncn3)CC2)CO1. The number of hydrogen-bond donors (Lipinski definition) is 1. The van der Waals surface area contributed by atoms with E-state index in [1.165, 1.54) is 12.1 Å². The summed E-state index contributed by atoms with van der Waals surface area (Å²) in [5.41, 5.74) is -0.182. The second-order valence-corrected chi connectivity index (χ2v) is 8.83. The fourth-order valence-electron chi connectivity index (χ4n) is 4.44. The number of halogens is 4. The molecule has 1 aromatic carbocycles. The lowest BCUT2D eigenvalue weighted by Crippen LogP contribution is -2.48. The van der Waals surface area contributed by atoms with Crippen molar-refractivity contribution < 1.29 is 27.1 Å². The van der Waals surface area contributed by atoms with Crippen molar-refractivity contribution in [1.29, 1.82) is 0 Å². The Bertz CT molecular complexity index is 950. The Morgan fingerprint density at radius 3 is 2.52 bits per heavy atom. The molecule has 178 valence electrons. The molecule has 33 heavy (non-hydrogen) atoms. The molecule has 4 rings (SSSR count). The summed E-state index contributed by atoms with van der Waals surface area (Å²) in [5.74, 6) is -0.176. The van der Waals surface area contributed by atoms with Gasteiger partial charge in [-0.15, -0.1) is 0 Å². The lowest BCUT2D eigenvalue weighted by molar-refractivity contribution is -0.141. The van der Waals surface area contributed by atoms with E-state index >= 15 is 0 Å². The molecule has 1 N–H and O–H groups in total. The molecule has 0 bridgehead atoms. The maximum atomic E-state index is 13.0. The quantitative estimate of drug-likeness (QED) is 0.680. The van der Waals surface area contributed by atoms with E-state index in [9.17, 15) is 22.4 Å². The van der Waals surface area contributed by atoms with Crippen LogP contribution in [0.15, 0.2) is 36.7 Å².